The van der Waals surface area contributed by atoms with E-state index in [9.17, 15) is 62.9 Å². The number of unbranched alkanes of at least 4 members (excludes halogenated alkanes) is 1. The van der Waals surface area contributed by atoms with Gasteiger partial charge in [0.2, 0.25) is 17.7 Å². The molecule has 1 aromatic heterocycles. The third kappa shape index (κ3) is 24.9. The first kappa shape index (κ1) is 68.4. The van der Waals surface area contributed by atoms with Crippen molar-refractivity contribution in [1.29, 1.82) is 5.26 Å². The highest BCUT2D eigenvalue weighted by Gasteiger charge is 2.47. The Balaban J connectivity index is 0.940. The van der Waals surface area contributed by atoms with E-state index >= 15 is 0 Å². The SMILES string of the molecule is N#C[C@H]1CC(F)(F)CN1C(=O)CNC(=O)c1ccnc2ccc(OCCCCC3CCN(C(=O)CCN/N=C\[C@H](C/C=N/NCN/N=C/c4ccc(I)cc4)NC(=O)CN4CCN(CC(=O)O)CCN(CC(=O)O)CCN(CC(=O)O)CC4)CC3)cc12. The van der Waals surface area contributed by atoms with Crippen LogP contribution in [-0.4, -0.2) is 252 Å². The van der Waals surface area contributed by atoms with Crippen LogP contribution in [0.3, 0.4) is 0 Å². The van der Waals surface area contributed by atoms with E-state index in [2.05, 4.69) is 69.8 Å². The molecule has 27 nitrogen and oxygen atoms in total. The summed E-state index contributed by atoms with van der Waals surface area (Å²) < 4.78 is 34.9. The van der Waals surface area contributed by atoms with Gasteiger partial charge in [-0.2, -0.15) is 20.6 Å². The average molecular weight is 1330 g/mol. The Morgan fingerprint density at radius 2 is 1.40 bits per heavy atom. The number of likely N-dealkylation sites (tertiary alicyclic amines) is 2. The minimum Gasteiger partial charge on any atom is -0.494 e. The van der Waals surface area contributed by atoms with Gasteiger partial charge in [-0.3, -0.25) is 69.0 Å². The van der Waals surface area contributed by atoms with Crippen LogP contribution in [0.15, 0.2) is 70.0 Å². The zero-order valence-corrected chi connectivity index (χ0v) is 50.6. The van der Waals surface area contributed by atoms with Gasteiger partial charge < -0.3 is 45.9 Å². The average Bonchev–Trinajstić information content (AvgIpc) is 2.44. The highest BCUT2D eigenvalue weighted by atomic mass is 127. The number of halogens is 3. The monoisotopic (exact) mass is 1330 g/mol. The van der Waals surface area contributed by atoms with E-state index in [-0.39, 0.29) is 122 Å². The van der Waals surface area contributed by atoms with Gasteiger partial charge in [0, 0.05) is 119 Å². The van der Waals surface area contributed by atoms with Crippen molar-refractivity contribution in [3.05, 3.63) is 69.4 Å². The number of nitriles is 1. The molecular weight excluding hydrogens is 1250 g/mol. The van der Waals surface area contributed by atoms with E-state index in [1.165, 1.54) is 18.5 Å². The Bertz CT molecular complexity index is 2880. The molecule has 0 saturated carbocycles. The molecule has 472 valence electrons. The molecule has 0 spiro atoms. The predicted octanol–water partition coefficient (Wildman–Crippen LogP) is 1.59. The number of piperidine rings is 1. The number of ether oxygens (including phenoxy) is 1. The lowest BCUT2D eigenvalue weighted by molar-refractivity contribution is -0.140. The van der Waals surface area contributed by atoms with Gasteiger partial charge in [-0.25, -0.2) is 8.78 Å². The van der Waals surface area contributed by atoms with Crippen LogP contribution in [0.4, 0.5) is 8.78 Å². The Kier molecular flexibility index (Phi) is 28.1. The molecule has 2 aromatic carbocycles. The standard InChI is InChI=1S/C57H77F2IN16O11/c58-57(59)30-45(31-61)76(39-57)52(79)34-63-56(86)47-11-15-62-49-9-8-46(29-48(47)49)87-28-2-1-3-41-13-18-75(19-14-41)51(78)12-17-64-67-33-44(10-16-65-68-40-69-66-32-42-4-6-43(60)7-5-42)70-50(77)35-71-20-22-72(36-53(80)81)24-26-74(38-55(84)85)27-25-73(23-21-71)37-54(82)83/h4-9,11,15-16,29,32-33,41,44-45,64,68-69H,1-3,10,12-14,17-28,30,34-40H2,(H,63,86)(H,70,77)(H,80,81)(H,82,83)(H,84,85)/b65-16+,66-32+,67-33-/t44-,45+/m0/s1. The largest absolute Gasteiger partial charge is 0.494 e. The van der Waals surface area contributed by atoms with Gasteiger partial charge in [-0.1, -0.05) is 18.6 Å². The third-order valence-electron chi connectivity index (χ3n) is 14.7. The maximum atomic E-state index is 13.9. The van der Waals surface area contributed by atoms with Crippen molar-refractivity contribution < 1.29 is 62.4 Å². The maximum Gasteiger partial charge on any atom is 0.317 e. The highest BCUT2D eigenvalue weighted by Crippen LogP contribution is 2.32. The van der Waals surface area contributed by atoms with Crippen LogP contribution in [0.1, 0.15) is 67.3 Å². The van der Waals surface area contributed by atoms with Crippen LogP contribution >= 0.6 is 22.6 Å². The van der Waals surface area contributed by atoms with Crippen LogP contribution in [-0.2, 0) is 28.8 Å². The van der Waals surface area contributed by atoms with Crippen LogP contribution in [0.2, 0.25) is 0 Å². The molecule has 4 heterocycles. The number of hydrogen-bond donors (Lipinski definition) is 8. The lowest BCUT2D eigenvalue weighted by Crippen LogP contribution is -2.50. The molecule has 8 N–H and O–H groups in total. The van der Waals surface area contributed by atoms with Crippen molar-refractivity contribution in [2.24, 2.45) is 21.2 Å². The molecule has 30 heteroatoms. The predicted molar refractivity (Wildman–Crippen MR) is 326 cm³/mol. The summed E-state index contributed by atoms with van der Waals surface area (Å²) in [7, 11) is 0. The lowest BCUT2D eigenvalue weighted by atomic mass is 9.91. The molecule has 0 aliphatic carbocycles. The molecule has 6 rings (SSSR count). The Morgan fingerprint density at radius 3 is 2.02 bits per heavy atom. The number of carboxylic acid groups (broad SMARTS) is 3. The molecule has 2 atom stereocenters. The first-order chi connectivity index (χ1) is 41.8. The van der Waals surface area contributed by atoms with E-state index in [4.69, 9.17) is 4.74 Å². The first-order valence-electron chi connectivity index (χ1n) is 28.8. The number of hydrazone groups is 3. The number of amides is 4. The van der Waals surface area contributed by atoms with Gasteiger partial charge in [0.1, 0.15) is 18.5 Å². The van der Waals surface area contributed by atoms with Crippen LogP contribution in [0, 0.1) is 20.8 Å². The van der Waals surface area contributed by atoms with Crippen LogP contribution in [0.25, 0.3) is 10.9 Å². The number of aromatic nitrogens is 1. The summed E-state index contributed by atoms with van der Waals surface area (Å²) in [5.74, 6) is -7.17. The molecule has 0 radical (unpaired) electrons. The smallest absolute Gasteiger partial charge is 0.317 e. The van der Waals surface area contributed by atoms with Crippen molar-refractivity contribution >= 4 is 93.7 Å². The van der Waals surface area contributed by atoms with Crippen LogP contribution in [0.5, 0.6) is 5.75 Å². The molecule has 3 saturated heterocycles. The molecule has 87 heavy (non-hydrogen) atoms. The summed E-state index contributed by atoms with van der Waals surface area (Å²) >= 11 is 2.22. The van der Waals surface area contributed by atoms with E-state index in [0.29, 0.717) is 42.3 Å². The number of carbonyl (C=O) groups is 7. The van der Waals surface area contributed by atoms with Gasteiger partial charge in [-0.05, 0) is 96.2 Å². The summed E-state index contributed by atoms with van der Waals surface area (Å²) in [5.41, 5.74) is 10.3. The first-order valence-corrected chi connectivity index (χ1v) is 29.9. The van der Waals surface area contributed by atoms with E-state index in [1.807, 2.05) is 34.1 Å². The Labute approximate surface area is 516 Å². The van der Waals surface area contributed by atoms with Gasteiger partial charge in [0.15, 0.2) is 0 Å². The number of benzene rings is 2. The number of hydrogen-bond acceptors (Lipinski definition) is 20. The summed E-state index contributed by atoms with van der Waals surface area (Å²) in [6.07, 6.45) is 10.2. The summed E-state index contributed by atoms with van der Waals surface area (Å²) in [6.45, 7) is 1.63. The zero-order valence-electron chi connectivity index (χ0n) is 48.4. The molecule has 3 fully saturated rings. The minimum atomic E-state index is -3.17. The molecule has 0 unspecified atom stereocenters. The highest BCUT2D eigenvalue weighted by molar-refractivity contribution is 14.1. The minimum absolute atomic E-state index is 0.0144. The normalized spacial score (nSPS) is 18.2. The topological polar surface area (TPSA) is 343 Å². The number of aliphatic carboxylic acids is 3. The molecule has 0 bridgehead atoms. The second-order valence-corrected chi connectivity index (χ2v) is 22.6. The Morgan fingerprint density at radius 1 is 0.782 bits per heavy atom. The maximum absolute atomic E-state index is 13.9. The third-order valence-corrected chi connectivity index (χ3v) is 15.5. The van der Waals surface area contributed by atoms with E-state index < -0.39 is 67.2 Å². The van der Waals surface area contributed by atoms with Crippen LogP contribution < -0.4 is 31.6 Å². The fraction of sp³-hybridized carbons (Fsp3) is 0.544. The van der Waals surface area contributed by atoms with E-state index in [1.54, 1.807) is 51.4 Å². The summed E-state index contributed by atoms with van der Waals surface area (Å²) in [6, 6.07) is 14.3. The number of pyridine rings is 1. The van der Waals surface area contributed by atoms with Crippen molar-refractivity contribution in [3.63, 3.8) is 0 Å². The number of fused-ring (bicyclic) bond motifs is 1. The Hall–Kier alpha value is -7.73. The number of carboxylic acids is 3. The second kappa shape index (κ2) is 35.8. The number of carbonyl (C=O) groups excluding carboxylic acids is 4. The van der Waals surface area contributed by atoms with Gasteiger partial charge in [0.25, 0.3) is 11.8 Å². The van der Waals surface area contributed by atoms with Crippen molar-refractivity contribution in [3.8, 4) is 11.8 Å². The number of rotatable bonds is 30. The number of nitrogens with zero attached hydrogens (tertiary/aromatic N) is 11. The quantitative estimate of drug-likeness (QED) is 0.0154. The van der Waals surface area contributed by atoms with Gasteiger partial charge in [0.05, 0.1) is 75.3 Å². The van der Waals surface area contributed by atoms with Gasteiger partial charge >= 0.3 is 17.9 Å². The fourth-order valence-electron chi connectivity index (χ4n) is 10.1. The number of nitrogens with one attached hydrogen (secondary N) is 5. The van der Waals surface area contributed by atoms with Gasteiger partial charge in [-0.15, -0.1) is 0 Å². The fourth-order valence-corrected chi connectivity index (χ4v) is 10.5. The number of alkyl halides is 2. The lowest BCUT2D eigenvalue weighted by Gasteiger charge is -2.33. The van der Waals surface area contributed by atoms with E-state index in [0.717, 1.165) is 46.1 Å². The molecule has 3 aliphatic rings. The molecule has 3 aromatic rings. The molecule has 4 amide bonds. The molecular formula is C57H77F2IN16O11. The summed E-state index contributed by atoms with van der Waals surface area (Å²) in [5, 5.41) is 56.7. The summed E-state index contributed by atoms with van der Waals surface area (Å²) in [4.78, 5) is 102. The van der Waals surface area contributed by atoms with Crippen molar-refractivity contribution in [2.45, 2.75) is 69.4 Å². The van der Waals surface area contributed by atoms with Crippen molar-refractivity contribution in [1.82, 2.24) is 61.3 Å². The van der Waals surface area contributed by atoms with Crippen molar-refractivity contribution in [2.75, 3.05) is 125 Å². The second-order valence-electron chi connectivity index (χ2n) is 21.4. The molecule has 3 aliphatic heterocycles. The zero-order chi connectivity index (χ0) is 62.6.